The molecule has 1 aliphatic heterocycles. The molecule has 0 N–H and O–H groups in total. The highest BCUT2D eigenvalue weighted by Gasteiger charge is 2.47. The molecule has 3 nitrogen and oxygen atoms in total. The third-order valence-electron chi connectivity index (χ3n) is 3.44. The standard InChI is InChI=1S/C14H18O3/c1-8(2)10-5-4-9(3)6-12-14(17-12)13(16)11(15)7-10/h4-5,8,10,12,14H,3,6-7H2,1-2H3/b5-4+/t10-,12+,14+/m0/s1. The number of ketones is 2. The molecule has 1 fully saturated rings. The average molecular weight is 234 g/mol. The van der Waals surface area contributed by atoms with Gasteiger partial charge < -0.3 is 4.74 Å². The Hall–Kier alpha value is -1.22. The second-order valence-electron chi connectivity index (χ2n) is 5.22. The minimum atomic E-state index is -0.501. The molecule has 0 aromatic carbocycles. The molecule has 2 rings (SSSR count). The molecule has 0 saturated carbocycles. The maximum absolute atomic E-state index is 11.8. The Morgan fingerprint density at radius 3 is 2.71 bits per heavy atom. The minimum absolute atomic E-state index is 0.110. The van der Waals surface area contributed by atoms with Crippen LogP contribution in [-0.2, 0) is 14.3 Å². The van der Waals surface area contributed by atoms with Crippen LogP contribution in [0.3, 0.4) is 0 Å². The molecule has 0 amide bonds. The highest BCUT2D eigenvalue weighted by atomic mass is 16.6. The Kier molecular flexibility index (Phi) is 3.29. The summed E-state index contributed by atoms with van der Waals surface area (Å²) in [6.45, 7) is 8.05. The van der Waals surface area contributed by atoms with Crippen molar-refractivity contribution in [1.29, 1.82) is 0 Å². The Labute approximate surface area is 102 Å². The van der Waals surface area contributed by atoms with Crippen molar-refractivity contribution in [3.63, 3.8) is 0 Å². The summed E-state index contributed by atoms with van der Waals surface area (Å²) in [6.07, 6.45) is 4.27. The van der Waals surface area contributed by atoms with Gasteiger partial charge >= 0.3 is 0 Å². The summed E-state index contributed by atoms with van der Waals surface area (Å²) < 4.78 is 5.23. The van der Waals surface area contributed by atoms with Crippen LogP contribution in [0.1, 0.15) is 26.7 Å². The Morgan fingerprint density at radius 2 is 2.06 bits per heavy atom. The van der Waals surface area contributed by atoms with Crippen molar-refractivity contribution in [1.82, 2.24) is 0 Å². The van der Waals surface area contributed by atoms with Gasteiger partial charge in [-0.1, -0.05) is 38.2 Å². The summed E-state index contributed by atoms with van der Waals surface area (Å²) >= 11 is 0. The highest BCUT2D eigenvalue weighted by molar-refractivity contribution is 6.39. The second kappa shape index (κ2) is 4.57. The molecule has 17 heavy (non-hydrogen) atoms. The van der Waals surface area contributed by atoms with Crippen molar-refractivity contribution in [3.05, 3.63) is 24.3 Å². The van der Waals surface area contributed by atoms with E-state index in [0.29, 0.717) is 12.3 Å². The van der Waals surface area contributed by atoms with E-state index in [9.17, 15) is 9.59 Å². The fourth-order valence-corrected chi connectivity index (χ4v) is 2.11. The molecule has 0 aromatic rings. The number of ether oxygens (including phenoxy) is 1. The molecule has 3 atom stereocenters. The predicted octanol–water partition coefficient (Wildman–Crippen LogP) is 2.07. The fraction of sp³-hybridized carbons (Fsp3) is 0.571. The molecule has 0 spiro atoms. The molecule has 0 unspecified atom stereocenters. The first-order valence-electron chi connectivity index (χ1n) is 6.07. The zero-order valence-corrected chi connectivity index (χ0v) is 10.3. The smallest absolute Gasteiger partial charge is 0.229 e. The highest BCUT2D eigenvalue weighted by Crippen LogP contribution is 2.32. The summed E-state index contributed by atoms with van der Waals surface area (Å²) in [5.74, 6) is -0.207. The number of hydrogen-bond acceptors (Lipinski definition) is 3. The van der Waals surface area contributed by atoms with Crippen LogP contribution in [0.15, 0.2) is 24.3 Å². The lowest BCUT2D eigenvalue weighted by molar-refractivity contribution is -0.137. The minimum Gasteiger partial charge on any atom is -0.360 e. The molecule has 92 valence electrons. The van der Waals surface area contributed by atoms with Crippen molar-refractivity contribution < 1.29 is 14.3 Å². The van der Waals surface area contributed by atoms with Gasteiger partial charge in [0.25, 0.3) is 0 Å². The third kappa shape index (κ3) is 2.72. The Bertz CT molecular complexity index is 392. The summed E-state index contributed by atoms with van der Waals surface area (Å²) in [4.78, 5) is 23.5. The van der Waals surface area contributed by atoms with Crippen LogP contribution in [0.2, 0.25) is 0 Å². The van der Waals surface area contributed by atoms with Gasteiger partial charge in [0.1, 0.15) is 0 Å². The van der Waals surface area contributed by atoms with Crippen LogP contribution >= 0.6 is 0 Å². The topological polar surface area (TPSA) is 46.7 Å². The van der Waals surface area contributed by atoms with E-state index >= 15 is 0 Å². The number of epoxide rings is 1. The zero-order chi connectivity index (χ0) is 12.6. The molecular formula is C14H18O3. The molecule has 2 aliphatic rings. The van der Waals surface area contributed by atoms with Crippen molar-refractivity contribution in [2.24, 2.45) is 11.8 Å². The van der Waals surface area contributed by atoms with Gasteiger partial charge in [0.15, 0.2) is 6.10 Å². The summed E-state index contributed by atoms with van der Waals surface area (Å²) in [5.41, 5.74) is 0.963. The van der Waals surface area contributed by atoms with Gasteiger partial charge in [0.2, 0.25) is 11.6 Å². The van der Waals surface area contributed by atoms with E-state index < -0.39 is 6.10 Å². The summed E-state index contributed by atoms with van der Waals surface area (Å²) in [7, 11) is 0. The molecular weight excluding hydrogens is 216 g/mol. The number of allylic oxidation sites excluding steroid dienone is 2. The fourth-order valence-electron chi connectivity index (χ4n) is 2.11. The molecule has 1 heterocycles. The maximum atomic E-state index is 11.8. The molecule has 0 aromatic heterocycles. The van der Waals surface area contributed by atoms with E-state index in [4.69, 9.17) is 4.74 Å². The number of Topliss-reactive ketones (excluding diaryl/α,β-unsaturated/α-hetero) is 2. The number of rotatable bonds is 1. The third-order valence-corrected chi connectivity index (χ3v) is 3.44. The van der Waals surface area contributed by atoms with Crippen molar-refractivity contribution >= 4 is 11.6 Å². The lowest BCUT2D eigenvalue weighted by atomic mass is 9.87. The van der Waals surface area contributed by atoms with Crippen LogP contribution < -0.4 is 0 Å². The van der Waals surface area contributed by atoms with Crippen LogP contribution in [0.25, 0.3) is 0 Å². The van der Waals surface area contributed by atoms with Gasteiger partial charge in [-0.05, 0) is 11.8 Å². The predicted molar refractivity (Wildman–Crippen MR) is 64.5 cm³/mol. The Balaban J connectivity index is 2.18. The molecule has 1 aliphatic carbocycles. The van der Waals surface area contributed by atoms with Gasteiger partial charge in [0.05, 0.1) is 6.10 Å². The molecule has 0 bridgehead atoms. The first-order valence-corrected chi connectivity index (χ1v) is 6.07. The number of carbonyl (C=O) groups is 2. The zero-order valence-electron chi connectivity index (χ0n) is 10.3. The quantitative estimate of drug-likeness (QED) is 0.515. The Morgan fingerprint density at radius 1 is 1.35 bits per heavy atom. The van der Waals surface area contributed by atoms with Gasteiger partial charge in [-0.25, -0.2) is 0 Å². The van der Waals surface area contributed by atoms with E-state index in [1.54, 1.807) is 0 Å². The van der Waals surface area contributed by atoms with Gasteiger partial charge in [-0.15, -0.1) is 0 Å². The van der Waals surface area contributed by atoms with E-state index in [-0.39, 0.29) is 30.0 Å². The largest absolute Gasteiger partial charge is 0.360 e. The molecule has 0 radical (unpaired) electrons. The monoisotopic (exact) mass is 234 g/mol. The van der Waals surface area contributed by atoms with E-state index in [0.717, 1.165) is 5.57 Å². The number of carbonyl (C=O) groups excluding carboxylic acids is 2. The average Bonchev–Trinajstić information content (AvgIpc) is 3.00. The van der Waals surface area contributed by atoms with Crippen molar-refractivity contribution in [3.8, 4) is 0 Å². The lowest BCUT2D eigenvalue weighted by Crippen LogP contribution is -2.25. The number of fused-ring (bicyclic) bond motifs is 1. The van der Waals surface area contributed by atoms with Crippen molar-refractivity contribution in [2.45, 2.75) is 38.9 Å². The normalized spacial score (nSPS) is 35.7. The molecule has 1 saturated heterocycles. The SMILES string of the molecule is C=C1/C=C/[C@H](C(C)C)CC(=O)C(=O)[C@@H]2O[C@@H]2C1. The van der Waals surface area contributed by atoms with Crippen LogP contribution in [0.4, 0.5) is 0 Å². The van der Waals surface area contributed by atoms with E-state index in [2.05, 4.69) is 20.4 Å². The first kappa shape index (κ1) is 12.2. The van der Waals surface area contributed by atoms with Crippen LogP contribution in [0.5, 0.6) is 0 Å². The van der Waals surface area contributed by atoms with Gasteiger partial charge in [-0.3, -0.25) is 9.59 Å². The summed E-state index contributed by atoms with van der Waals surface area (Å²) in [6, 6.07) is 0. The summed E-state index contributed by atoms with van der Waals surface area (Å²) in [5, 5.41) is 0. The van der Waals surface area contributed by atoms with Gasteiger partial charge in [0, 0.05) is 12.8 Å². The van der Waals surface area contributed by atoms with Crippen LogP contribution in [-0.4, -0.2) is 23.8 Å². The maximum Gasteiger partial charge on any atom is 0.229 e. The first-order chi connectivity index (χ1) is 7.99. The second-order valence-corrected chi connectivity index (χ2v) is 5.22. The van der Waals surface area contributed by atoms with Crippen LogP contribution in [0, 0.1) is 11.8 Å². The molecule has 3 heteroatoms. The number of hydrogen-bond donors (Lipinski definition) is 0. The lowest BCUT2D eigenvalue weighted by Gasteiger charge is -2.16. The van der Waals surface area contributed by atoms with Crippen molar-refractivity contribution in [2.75, 3.05) is 0 Å². The van der Waals surface area contributed by atoms with E-state index in [1.807, 2.05) is 12.2 Å². The van der Waals surface area contributed by atoms with Gasteiger partial charge in [-0.2, -0.15) is 0 Å². The van der Waals surface area contributed by atoms with E-state index in [1.165, 1.54) is 0 Å².